The molecule has 0 atom stereocenters. The minimum atomic E-state index is -4.57. The molecular formula is C6H11ClO6. The van der Waals surface area contributed by atoms with Crippen molar-refractivity contribution in [3.05, 3.63) is 0 Å². The van der Waals surface area contributed by atoms with Gasteiger partial charge in [0, 0.05) is 0 Å². The minimum absolute atomic E-state index is 0.732. The Morgan fingerprint density at radius 3 is 2.08 bits per heavy atom. The van der Waals surface area contributed by atoms with E-state index in [4.69, 9.17) is 0 Å². The molecule has 0 fully saturated rings. The van der Waals surface area contributed by atoms with E-state index in [1.54, 1.807) is 20.8 Å². The molecule has 0 aliphatic heterocycles. The topological polar surface area (TPSA) is 105 Å². The number of ether oxygens (including phenoxy) is 1. The third-order valence-corrected chi connectivity index (χ3v) is 1.10. The lowest BCUT2D eigenvalue weighted by atomic mass is 10.2. The molecule has 0 aromatic rings. The number of rotatable bonds is 3. The smallest absolute Gasteiger partial charge is 0.350 e. The highest BCUT2D eigenvalue weighted by molar-refractivity contribution is 5.71. The maximum atomic E-state index is 10.8. The molecule has 6 nitrogen and oxygen atoms in total. The van der Waals surface area contributed by atoms with Crippen LogP contribution in [0, 0.1) is 10.2 Å². The standard InChI is InChI=1S/C6H11ClO6/c1-6(2,3)13-5(8)4-12-7(9,10)11/h4H2,1-3H3. The average molecular weight is 215 g/mol. The lowest BCUT2D eigenvalue weighted by Gasteiger charge is -2.19. The van der Waals surface area contributed by atoms with Crippen LogP contribution >= 0.6 is 0 Å². The zero-order valence-corrected chi connectivity index (χ0v) is 8.29. The highest BCUT2D eigenvalue weighted by Gasteiger charge is 2.24. The fraction of sp³-hybridized carbons (Fsp3) is 0.833. The maximum absolute atomic E-state index is 10.8. The van der Waals surface area contributed by atoms with E-state index in [9.17, 15) is 18.8 Å². The Hall–Kier alpha value is -0.400. The molecule has 0 aliphatic carbocycles. The van der Waals surface area contributed by atoms with Crippen molar-refractivity contribution in [3.63, 3.8) is 0 Å². The SMILES string of the molecule is CC(C)(C)OC(=O)CO[Cl+3]([O-])([O-])[O-]. The number of esters is 1. The van der Waals surface area contributed by atoms with Gasteiger partial charge in [-0.3, -0.25) is 0 Å². The first-order valence-electron chi connectivity index (χ1n) is 3.37. The van der Waals surface area contributed by atoms with Crippen LogP contribution in [0.3, 0.4) is 0 Å². The minimum Gasteiger partial charge on any atom is -0.458 e. The van der Waals surface area contributed by atoms with E-state index in [1.165, 1.54) is 0 Å². The summed E-state index contributed by atoms with van der Waals surface area (Å²) < 4.78 is 38.0. The van der Waals surface area contributed by atoms with Gasteiger partial charge < -0.3 is 4.74 Å². The Kier molecular flexibility index (Phi) is 4.08. The molecule has 0 radical (unpaired) electrons. The highest BCUT2D eigenvalue weighted by atomic mass is 35.7. The van der Waals surface area contributed by atoms with Gasteiger partial charge in [0.15, 0.2) is 0 Å². The molecule has 0 saturated carbocycles. The quantitative estimate of drug-likeness (QED) is 0.472. The molecule has 0 N–H and O–H groups in total. The number of carbonyl (C=O) groups is 1. The zero-order chi connectivity index (χ0) is 10.7. The molecule has 13 heavy (non-hydrogen) atoms. The fourth-order valence-corrected chi connectivity index (χ4v) is 0.705. The molecule has 0 unspecified atom stereocenters. The van der Waals surface area contributed by atoms with Crippen LogP contribution in [-0.2, 0) is 13.8 Å². The van der Waals surface area contributed by atoms with Crippen LogP contribution in [0.4, 0.5) is 0 Å². The lowest BCUT2D eigenvalue weighted by Crippen LogP contribution is -2.61. The van der Waals surface area contributed by atoms with Gasteiger partial charge in [-0.1, -0.05) is 0 Å². The summed E-state index contributed by atoms with van der Waals surface area (Å²) >= 11 is 0. The molecule has 7 heteroatoms. The van der Waals surface area contributed by atoms with E-state index >= 15 is 0 Å². The molecule has 78 valence electrons. The third kappa shape index (κ3) is 9.51. The molecule has 0 heterocycles. The van der Waals surface area contributed by atoms with E-state index in [1.807, 2.05) is 0 Å². The summed E-state index contributed by atoms with van der Waals surface area (Å²) in [6.07, 6.45) is 0. The second kappa shape index (κ2) is 4.21. The van der Waals surface area contributed by atoms with Gasteiger partial charge in [0.1, 0.15) is 5.60 Å². The van der Waals surface area contributed by atoms with E-state index in [-0.39, 0.29) is 0 Å². The van der Waals surface area contributed by atoms with E-state index in [2.05, 4.69) is 9.03 Å². The number of hydrogen-bond acceptors (Lipinski definition) is 6. The Labute approximate surface area is 77.8 Å². The monoisotopic (exact) mass is 214 g/mol. The van der Waals surface area contributed by atoms with Gasteiger partial charge >= 0.3 is 5.97 Å². The van der Waals surface area contributed by atoms with Crippen LogP contribution < -0.4 is 14.0 Å². The third-order valence-electron chi connectivity index (χ3n) is 0.726. The Balaban J connectivity index is 3.78. The van der Waals surface area contributed by atoms with Crippen molar-refractivity contribution < 1.29 is 38.0 Å². The average Bonchev–Trinajstić information content (AvgIpc) is 1.78. The van der Waals surface area contributed by atoms with Crippen molar-refractivity contribution in [2.75, 3.05) is 6.61 Å². The second-order valence-corrected chi connectivity index (χ2v) is 4.19. The molecule has 0 spiro atoms. The van der Waals surface area contributed by atoms with Crippen molar-refractivity contribution in [2.45, 2.75) is 26.4 Å². The Morgan fingerprint density at radius 1 is 1.31 bits per heavy atom. The van der Waals surface area contributed by atoms with Crippen molar-refractivity contribution in [1.82, 2.24) is 0 Å². The number of carbonyl (C=O) groups excluding carboxylic acids is 1. The van der Waals surface area contributed by atoms with Crippen LogP contribution in [0.25, 0.3) is 0 Å². The van der Waals surface area contributed by atoms with E-state index < -0.39 is 28.4 Å². The molecule has 0 rings (SSSR count). The van der Waals surface area contributed by atoms with Crippen LogP contribution in [0.1, 0.15) is 20.8 Å². The molecule has 0 bridgehead atoms. The first-order valence-corrected chi connectivity index (χ1v) is 4.61. The molecule has 0 saturated heterocycles. The normalized spacial score (nSPS) is 12.8. The van der Waals surface area contributed by atoms with E-state index in [0.29, 0.717) is 0 Å². The predicted molar refractivity (Wildman–Crippen MR) is 31.8 cm³/mol. The summed E-state index contributed by atoms with van der Waals surface area (Å²) in [6.45, 7) is 3.92. The van der Waals surface area contributed by atoms with Crippen LogP contribution in [0.5, 0.6) is 0 Å². The van der Waals surface area contributed by atoms with Gasteiger partial charge in [0.2, 0.25) is 0 Å². The van der Waals surface area contributed by atoms with Crippen molar-refractivity contribution in [1.29, 1.82) is 0 Å². The fourth-order valence-electron chi connectivity index (χ4n) is 0.482. The predicted octanol–water partition coefficient (Wildman–Crippen LogP) is -2.76. The summed E-state index contributed by atoms with van der Waals surface area (Å²) in [5.74, 6) is -0.903. The zero-order valence-electron chi connectivity index (χ0n) is 7.53. The number of hydrogen-bond donors (Lipinski definition) is 0. The van der Waals surface area contributed by atoms with Gasteiger partial charge in [0.05, 0.1) is 14.5 Å². The van der Waals surface area contributed by atoms with Gasteiger partial charge in [-0.25, -0.2) is 4.79 Å². The molecule has 0 aromatic carbocycles. The Morgan fingerprint density at radius 2 is 1.77 bits per heavy atom. The maximum Gasteiger partial charge on any atom is 0.350 e. The van der Waals surface area contributed by atoms with Gasteiger partial charge in [-0.05, 0) is 20.8 Å². The Bertz CT molecular complexity index is 179. The van der Waals surface area contributed by atoms with Gasteiger partial charge in [0.25, 0.3) is 6.61 Å². The first kappa shape index (κ1) is 12.6. The van der Waals surface area contributed by atoms with Crippen molar-refractivity contribution in [3.8, 4) is 0 Å². The highest BCUT2D eigenvalue weighted by Crippen LogP contribution is 2.07. The number of halogens is 1. The molecule has 0 aliphatic rings. The van der Waals surface area contributed by atoms with Crippen LogP contribution in [0.2, 0.25) is 0 Å². The summed E-state index contributed by atoms with van der Waals surface area (Å²) in [5, 5.41) is 0. The van der Waals surface area contributed by atoms with Crippen molar-refractivity contribution >= 4 is 5.97 Å². The van der Waals surface area contributed by atoms with E-state index in [0.717, 1.165) is 0 Å². The second-order valence-electron chi connectivity index (χ2n) is 3.22. The first-order chi connectivity index (χ1) is 5.60. The molecule has 0 aromatic heterocycles. The van der Waals surface area contributed by atoms with Crippen molar-refractivity contribution in [2.24, 2.45) is 0 Å². The largest absolute Gasteiger partial charge is 0.458 e. The van der Waals surface area contributed by atoms with Crippen LogP contribution in [0.15, 0.2) is 0 Å². The van der Waals surface area contributed by atoms with Crippen LogP contribution in [-0.4, -0.2) is 18.2 Å². The van der Waals surface area contributed by atoms with Gasteiger partial charge in [-0.2, -0.15) is 14.0 Å². The summed E-state index contributed by atoms with van der Waals surface area (Å²) in [6, 6.07) is 0. The lowest BCUT2D eigenvalue weighted by molar-refractivity contribution is -1.92. The summed E-state index contributed by atoms with van der Waals surface area (Å²) in [4.78, 5) is 10.8. The van der Waals surface area contributed by atoms with Gasteiger partial charge in [-0.15, -0.1) is 0 Å². The molecule has 0 amide bonds. The molecular weight excluding hydrogens is 204 g/mol. The summed E-state index contributed by atoms with van der Waals surface area (Å²) in [5.41, 5.74) is -0.732. The summed E-state index contributed by atoms with van der Waals surface area (Å²) in [7, 11) is -4.57.